The summed E-state index contributed by atoms with van der Waals surface area (Å²) >= 11 is 1.44. The molecule has 1 aromatic carbocycles. The number of nitrogens with zero attached hydrogens (tertiary/aromatic N) is 2. The third kappa shape index (κ3) is 4.89. The Morgan fingerprint density at radius 2 is 1.74 bits per heavy atom. The van der Waals surface area contributed by atoms with Crippen LogP contribution in [-0.2, 0) is 9.59 Å². The van der Waals surface area contributed by atoms with Gasteiger partial charge >= 0.3 is 0 Å². The molecule has 0 radical (unpaired) electrons. The second-order valence-electron chi connectivity index (χ2n) is 9.88. The summed E-state index contributed by atoms with van der Waals surface area (Å²) in [4.78, 5) is 56.1. The first-order valence-corrected chi connectivity index (χ1v) is 13.5. The summed E-state index contributed by atoms with van der Waals surface area (Å²) in [7, 11) is 0. The highest BCUT2D eigenvalue weighted by Crippen LogP contribution is 2.33. The molecule has 2 aliphatic heterocycles. The molecule has 0 bridgehead atoms. The average molecular weight is 494 g/mol. The molecule has 2 aromatic rings. The number of thiophene rings is 1. The van der Waals surface area contributed by atoms with Gasteiger partial charge in [-0.2, -0.15) is 11.3 Å². The van der Waals surface area contributed by atoms with E-state index in [1.54, 1.807) is 45.5 Å². The maximum atomic E-state index is 13.8. The first-order chi connectivity index (χ1) is 17.0. The number of Topliss-reactive ketones (excluding diaryl/α,β-unsaturated/α-hetero) is 1. The molecule has 1 aliphatic carbocycles. The third-order valence-electron chi connectivity index (χ3n) is 7.67. The molecule has 1 saturated carbocycles. The van der Waals surface area contributed by atoms with Crippen molar-refractivity contribution in [2.75, 3.05) is 13.1 Å². The Morgan fingerprint density at radius 3 is 2.46 bits per heavy atom. The summed E-state index contributed by atoms with van der Waals surface area (Å²) in [6.45, 7) is 0.426. The molecule has 2 saturated heterocycles. The van der Waals surface area contributed by atoms with Crippen LogP contribution in [0.2, 0.25) is 0 Å². The lowest BCUT2D eigenvalue weighted by Gasteiger charge is -2.31. The molecule has 184 valence electrons. The quantitative estimate of drug-likeness (QED) is 0.667. The van der Waals surface area contributed by atoms with Gasteiger partial charge in [0.1, 0.15) is 12.1 Å². The van der Waals surface area contributed by atoms with Gasteiger partial charge in [0, 0.05) is 17.5 Å². The van der Waals surface area contributed by atoms with Gasteiger partial charge < -0.3 is 15.1 Å². The number of hydrogen-bond acceptors (Lipinski definition) is 5. The molecule has 7 nitrogen and oxygen atoms in total. The predicted molar refractivity (Wildman–Crippen MR) is 133 cm³/mol. The molecule has 3 aliphatic rings. The van der Waals surface area contributed by atoms with E-state index in [-0.39, 0.29) is 36.1 Å². The molecule has 3 atom stereocenters. The summed E-state index contributed by atoms with van der Waals surface area (Å²) < 4.78 is 0. The zero-order valence-corrected chi connectivity index (χ0v) is 20.5. The lowest BCUT2D eigenvalue weighted by Crippen LogP contribution is -2.53. The largest absolute Gasteiger partial charge is 0.340 e. The van der Waals surface area contributed by atoms with E-state index in [0.717, 1.165) is 25.7 Å². The number of likely N-dealkylation sites (tertiary alicyclic amines) is 2. The van der Waals surface area contributed by atoms with Crippen molar-refractivity contribution in [3.05, 3.63) is 58.3 Å². The van der Waals surface area contributed by atoms with Crippen LogP contribution in [0.1, 0.15) is 65.7 Å². The Bertz CT molecular complexity index is 1080. The number of carbonyl (C=O) groups is 4. The van der Waals surface area contributed by atoms with Crippen LogP contribution in [-0.4, -0.2) is 64.5 Å². The highest BCUT2D eigenvalue weighted by Gasteiger charge is 2.52. The second kappa shape index (κ2) is 10.3. The van der Waals surface area contributed by atoms with Crippen molar-refractivity contribution in [2.45, 2.75) is 63.1 Å². The van der Waals surface area contributed by atoms with Crippen LogP contribution < -0.4 is 5.32 Å². The summed E-state index contributed by atoms with van der Waals surface area (Å²) in [6.07, 6.45) is 6.77. The molecule has 3 amide bonds. The minimum atomic E-state index is -0.670. The van der Waals surface area contributed by atoms with Crippen LogP contribution in [0.25, 0.3) is 0 Å². The lowest BCUT2D eigenvalue weighted by molar-refractivity contribution is -0.138. The predicted octanol–water partition coefficient (Wildman–Crippen LogP) is 3.51. The minimum Gasteiger partial charge on any atom is -0.340 e. The van der Waals surface area contributed by atoms with E-state index in [4.69, 9.17) is 0 Å². The van der Waals surface area contributed by atoms with Crippen LogP contribution in [0.5, 0.6) is 0 Å². The molecular weight excluding hydrogens is 462 g/mol. The molecule has 5 rings (SSSR count). The molecule has 3 heterocycles. The van der Waals surface area contributed by atoms with Crippen molar-refractivity contribution in [3.63, 3.8) is 0 Å². The fourth-order valence-electron chi connectivity index (χ4n) is 5.90. The Kier molecular flexibility index (Phi) is 7.00. The standard InChI is InChI=1S/C27H31N3O4S/c31-23-16-30(26(33)19-9-5-2-6-10-19)22-11-13-29(24(22)23)27(34)21(15-18-7-3-1-4-8-18)28-25(32)20-12-14-35-17-20/h2,5-6,9-10,12,14,17-18,21-22,24H,1,3-4,7-8,11,13,15-16H2,(H,28,32)/t21-,22+,24-/m0/s1. The Hall–Kier alpha value is -3.00. The summed E-state index contributed by atoms with van der Waals surface area (Å²) in [5.41, 5.74) is 1.09. The van der Waals surface area contributed by atoms with E-state index in [0.29, 0.717) is 36.4 Å². The topological polar surface area (TPSA) is 86.8 Å². The van der Waals surface area contributed by atoms with Gasteiger partial charge in [-0.1, -0.05) is 50.3 Å². The molecule has 1 aromatic heterocycles. The molecule has 35 heavy (non-hydrogen) atoms. The van der Waals surface area contributed by atoms with E-state index in [9.17, 15) is 19.2 Å². The van der Waals surface area contributed by atoms with E-state index in [1.165, 1.54) is 17.8 Å². The monoisotopic (exact) mass is 493 g/mol. The SMILES string of the molecule is O=C(N[C@@H](CC1CCCCC1)C(=O)N1CC[C@@H]2[C@H]1C(=O)CN2C(=O)c1ccccc1)c1ccsc1. The zero-order chi connectivity index (χ0) is 24.4. The fraction of sp³-hybridized carbons (Fsp3) is 0.481. The number of hydrogen-bond donors (Lipinski definition) is 1. The van der Waals surface area contributed by atoms with Crippen molar-refractivity contribution in [1.82, 2.24) is 15.1 Å². The second-order valence-corrected chi connectivity index (χ2v) is 10.7. The van der Waals surface area contributed by atoms with Crippen LogP contribution in [0, 0.1) is 5.92 Å². The molecule has 8 heteroatoms. The molecule has 0 unspecified atom stereocenters. The smallest absolute Gasteiger partial charge is 0.254 e. The van der Waals surface area contributed by atoms with Gasteiger partial charge in [-0.25, -0.2) is 0 Å². The lowest BCUT2D eigenvalue weighted by atomic mass is 9.84. The van der Waals surface area contributed by atoms with Crippen LogP contribution in [0.3, 0.4) is 0 Å². The van der Waals surface area contributed by atoms with E-state index in [1.807, 2.05) is 11.4 Å². The van der Waals surface area contributed by atoms with Gasteiger partial charge in [0.25, 0.3) is 11.8 Å². The van der Waals surface area contributed by atoms with Gasteiger partial charge in [-0.05, 0) is 42.3 Å². The number of amides is 3. The third-order valence-corrected chi connectivity index (χ3v) is 8.35. The van der Waals surface area contributed by atoms with Gasteiger partial charge in [-0.15, -0.1) is 0 Å². The van der Waals surface area contributed by atoms with Crippen molar-refractivity contribution < 1.29 is 19.2 Å². The maximum absolute atomic E-state index is 13.8. The molecular formula is C27H31N3O4S. The molecule has 1 N–H and O–H groups in total. The van der Waals surface area contributed by atoms with Gasteiger partial charge in [0.05, 0.1) is 18.2 Å². The van der Waals surface area contributed by atoms with Crippen LogP contribution in [0.15, 0.2) is 47.2 Å². The maximum Gasteiger partial charge on any atom is 0.254 e. The van der Waals surface area contributed by atoms with Crippen molar-refractivity contribution in [2.24, 2.45) is 5.92 Å². The summed E-state index contributed by atoms with van der Waals surface area (Å²) in [5, 5.41) is 6.60. The fourth-order valence-corrected chi connectivity index (χ4v) is 6.53. The van der Waals surface area contributed by atoms with Crippen LogP contribution >= 0.6 is 11.3 Å². The van der Waals surface area contributed by atoms with Crippen molar-refractivity contribution in [3.8, 4) is 0 Å². The van der Waals surface area contributed by atoms with Crippen LogP contribution in [0.4, 0.5) is 0 Å². The molecule has 0 spiro atoms. The van der Waals surface area contributed by atoms with Gasteiger partial charge in [-0.3, -0.25) is 19.2 Å². The zero-order valence-electron chi connectivity index (χ0n) is 19.7. The van der Waals surface area contributed by atoms with Gasteiger partial charge in [0.15, 0.2) is 5.78 Å². The van der Waals surface area contributed by atoms with E-state index < -0.39 is 12.1 Å². The van der Waals surface area contributed by atoms with Gasteiger partial charge in [0.2, 0.25) is 5.91 Å². The number of ketones is 1. The number of nitrogens with one attached hydrogen (secondary N) is 1. The average Bonchev–Trinajstić information content (AvgIpc) is 3.63. The highest BCUT2D eigenvalue weighted by atomic mass is 32.1. The first-order valence-electron chi connectivity index (χ1n) is 12.5. The number of fused-ring (bicyclic) bond motifs is 1. The Morgan fingerprint density at radius 1 is 0.971 bits per heavy atom. The summed E-state index contributed by atoms with van der Waals surface area (Å²) in [6, 6.07) is 9.08. The Labute approximate surface area is 209 Å². The minimum absolute atomic E-state index is 0.0153. The Balaban J connectivity index is 1.33. The first kappa shape index (κ1) is 23.7. The van der Waals surface area contributed by atoms with E-state index >= 15 is 0 Å². The molecule has 3 fully saturated rings. The number of carbonyl (C=O) groups excluding carboxylic acids is 4. The normalized spacial score (nSPS) is 23.3. The summed E-state index contributed by atoms with van der Waals surface area (Å²) in [5.74, 6) is -0.353. The number of benzene rings is 1. The van der Waals surface area contributed by atoms with Crippen molar-refractivity contribution >= 4 is 34.8 Å². The number of rotatable bonds is 6. The van der Waals surface area contributed by atoms with E-state index in [2.05, 4.69) is 5.32 Å². The van der Waals surface area contributed by atoms with Crippen molar-refractivity contribution in [1.29, 1.82) is 0 Å². The highest BCUT2D eigenvalue weighted by molar-refractivity contribution is 7.08.